The molecule has 0 amide bonds. The lowest BCUT2D eigenvalue weighted by atomic mass is 9.92. The van der Waals surface area contributed by atoms with Crippen molar-refractivity contribution < 1.29 is 4.74 Å². The number of nitrogens with zero attached hydrogens (tertiary/aromatic N) is 3. The van der Waals surface area contributed by atoms with E-state index >= 15 is 0 Å². The van der Waals surface area contributed by atoms with Gasteiger partial charge in [0.15, 0.2) is 5.82 Å². The molecule has 1 aliphatic heterocycles. The fraction of sp³-hybridized carbons (Fsp3) is 0.333. The first-order valence-corrected chi connectivity index (χ1v) is 9.35. The van der Waals surface area contributed by atoms with E-state index in [4.69, 9.17) is 4.74 Å². The molecular formula is C21H22N4O. The molecule has 0 unspecified atom stereocenters. The van der Waals surface area contributed by atoms with E-state index < -0.39 is 0 Å². The van der Waals surface area contributed by atoms with Gasteiger partial charge in [-0.25, -0.2) is 9.67 Å². The summed E-state index contributed by atoms with van der Waals surface area (Å²) in [6.45, 7) is 1.68. The SMILES string of the molecule is c1ccc(-n2ncc3c2CCC[C@@H]3NCc2ccc3c(c2)CCO3)nc1. The Morgan fingerprint density at radius 3 is 3.12 bits per heavy atom. The molecule has 1 aliphatic carbocycles. The zero-order valence-corrected chi connectivity index (χ0v) is 14.7. The summed E-state index contributed by atoms with van der Waals surface area (Å²) in [7, 11) is 0. The number of nitrogens with one attached hydrogen (secondary N) is 1. The van der Waals surface area contributed by atoms with Gasteiger partial charge in [-0.05, 0) is 48.6 Å². The van der Waals surface area contributed by atoms with E-state index in [1.807, 2.05) is 35.3 Å². The summed E-state index contributed by atoms with van der Waals surface area (Å²) in [6, 6.07) is 12.8. The maximum atomic E-state index is 5.60. The van der Waals surface area contributed by atoms with Crippen molar-refractivity contribution in [3.8, 4) is 11.6 Å². The van der Waals surface area contributed by atoms with Crippen LogP contribution >= 0.6 is 0 Å². The Labute approximate surface area is 153 Å². The first-order chi connectivity index (χ1) is 12.9. The minimum Gasteiger partial charge on any atom is -0.493 e. The van der Waals surface area contributed by atoms with Crippen molar-refractivity contribution in [1.82, 2.24) is 20.1 Å². The molecule has 2 aromatic heterocycles. The highest BCUT2D eigenvalue weighted by molar-refractivity contribution is 5.40. The predicted molar refractivity (Wildman–Crippen MR) is 99.5 cm³/mol. The molecule has 0 bridgehead atoms. The summed E-state index contributed by atoms with van der Waals surface area (Å²) < 4.78 is 7.60. The number of hydrogen-bond acceptors (Lipinski definition) is 4. The van der Waals surface area contributed by atoms with Crippen LogP contribution in [0.2, 0.25) is 0 Å². The van der Waals surface area contributed by atoms with Crippen LogP contribution in [0.4, 0.5) is 0 Å². The third-order valence-electron chi connectivity index (χ3n) is 5.36. The average molecular weight is 346 g/mol. The number of fused-ring (bicyclic) bond motifs is 2. The number of aromatic nitrogens is 3. The summed E-state index contributed by atoms with van der Waals surface area (Å²) in [5.74, 6) is 1.94. The van der Waals surface area contributed by atoms with Gasteiger partial charge in [-0.3, -0.25) is 0 Å². The molecule has 0 radical (unpaired) electrons. The summed E-state index contributed by atoms with van der Waals surface area (Å²) in [5, 5.41) is 8.35. The molecule has 0 spiro atoms. The first-order valence-electron chi connectivity index (χ1n) is 9.35. The highest BCUT2D eigenvalue weighted by Gasteiger charge is 2.25. The van der Waals surface area contributed by atoms with E-state index in [0.717, 1.165) is 44.0 Å². The molecule has 26 heavy (non-hydrogen) atoms. The summed E-state index contributed by atoms with van der Waals surface area (Å²) in [5.41, 5.74) is 5.25. The van der Waals surface area contributed by atoms with Crippen molar-refractivity contribution in [2.24, 2.45) is 0 Å². The van der Waals surface area contributed by atoms with Crippen LogP contribution < -0.4 is 10.1 Å². The Bertz CT molecular complexity index is 919. The third kappa shape index (κ3) is 2.78. The molecule has 1 atom stereocenters. The van der Waals surface area contributed by atoms with Crippen LogP contribution in [0, 0.1) is 0 Å². The largest absolute Gasteiger partial charge is 0.493 e. The van der Waals surface area contributed by atoms with Crippen LogP contribution in [0.3, 0.4) is 0 Å². The molecule has 5 nitrogen and oxygen atoms in total. The fourth-order valence-electron chi connectivity index (χ4n) is 4.04. The second-order valence-electron chi connectivity index (χ2n) is 7.01. The van der Waals surface area contributed by atoms with Gasteiger partial charge in [0.05, 0.1) is 18.5 Å². The van der Waals surface area contributed by atoms with Crippen molar-refractivity contribution in [3.63, 3.8) is 0 Å². The minimum absolute atomic E-state index is 0.348. The van der Waals surface area contributed by atoms with Gasteiger partial charge in [-0.1, -0.05) is 18.2 Å². The van der Waals surface area contributed by atoms with Gasteiger partial charge in [0.1, 0.15) is 5.75 Å². The van der Waals surface area contributed by atoms with Crippen molar-refractivity contribution in [2.45, 2.75) is 38.3 Å². The lowest BCUT2D eigenvalue weighted by Crippen LogP contribution is -2.25. The Morgan fingerprint density at radius 2 is 2.19 bits per heavy atom. The topological polar surface area (TPSA) is 52.0 Å². The van der Waals surface area contributed by atoms with Gasteiger partial charge in [0.25, 0.3) is 0 Å². The monoisotopic (exact) mass is 346 g/mol. The Morgan fingerprint density at radius 1 is 1.19 bits per heavy atom. The number of pyridine rings is 1. The predicted octanol–water partition coefficient (Wildman–Crippen LogP) is 3.37. The molecule has 3 aromatic rings. The minimum atomic E-state index is 0.348. The van der Waals surface area contributed by atoms with E-state index in [1.54, 1.807) is 0 Å². The summed E-state index contributed by atoms with van der Waals surface area (Å²) in [4.78, 5) is 4.45. The van der Waals surface area contributed by atoms with Crippen LogP contribution in [-0.4, -0.2) is 21.4 Å². The van der Waals surface area contributed by atoms with Gasteiger partial charge >= 0.3 is 0 Å². The molecule has 0 saturated heterocycles. The van der Waals surface area contributed by atoms with E-state index in [9.17, 15) is 0 Å². The van der Waals surface area contributed by atoms with Gasteiger partial charge in [-0.2, -0.15) is 5.10 Å². The normalized spacial score (nSPS) is 18.2. The lowest BCUT2D eigenvalue weighted by Gasteiger charge is -2.24. The quantitative estimate of drug-likeness (QED) is 0.787. The summed E-state index contributed by atoms with van der Waals surface area (Å²) in [6.07, 6.45) is 8.22. The number of hydrogen-bond donors (Lipinski definition) is 1. The van der Waals surface area contributed by atoms with Crippen LogP contribution in [0.25, 0.3) is 5.82 Å². The van der Waals surface area contributed by atoms with E-state index in [2.05, 4.69) is 33.6 Å². The van der Waals surface area contributed by atoms with Gasteiger partial charge < -0.3 is 10.1 Å². The van der Waals surface area contributed by atoms with Crippen LogP contribution in [-0.2, 0) is 19.4 Å². The fourth-order valence-corrected chi connectivity index (χ4v) is 4.04. The van der Waals surface area contributed by atoms with E-state index in [-0.39, 0.29) is 0 Å². The van der Waals surface area contributed by atoms with E-state index in [0.29, 0.717) is 6.04 Å². The molecule has 5 heteroatoms. The van der Waals surface area contributed by atoms with Crippen molar-refractivity contribution >= 4 is 0 Å². The van der Waals surface area contributed by atoms with Gasteiger partial charge in [0.2, 0.25) is 0 Å². The zero-order valence-electron chi connectivity index (χ0n) is 14.7. The molecular weight excluding hydrogens is 324 g/mol. The first kappa shape index (κ1) is 15.6. The number of rotatable bonds is 4. The van der Waals surface area contributed by atoms with Crippen LogP contribution in [0.15, 0.2) is 48.8 Å². The Kier molecular flexibility index (Phi) is 3.94. The Hall–Kier alpha value is -2.66. The second kappa shape index (κ2) is 6.57. The smallest absolute Gasteiger partial charge is 0.153 e. The molecule has 132 valence electrons. The van der Waals surface area contributed by atoms with E-state index in [1.165, 1.54) is 28.8 Å². The van der Waals surface area contributed by atoms with Gasteiger partial charge in [0, 0.05) is 30.8 Å². The standard InChI is InChI=1S/C21H22N4O/c1-2-10-22-21(6-1)25-19-5-3-4-18(17(19)14-24-25)23-13-15-7-8-20-16(12-15)9-11-26-20/h1-2,6-8,10,12,14,18,23H,3-5,9,11,13H2/t18-/m0/s1. The maximum absolute atomic E-state index is 5.60. The molecule has 1 N–H and O–H groups in total. The molecule has 5 rings (SSSR count). The number of benzene rings is 1. The van der Waals surface area contributed by atoms with Crippen molar-refractivity contribution in [2.75, 3.05) is 6.61 Å². The molecule has 1 aromatic carbocycles. The zero-order chi connectivity index (χ0) is 17.3. The molecule has 3 heterocycles. The highest BCUT2D eigenvalue weighted by atomic mass is 16.5. The third-order valence-corrected chi connectivity index (χ3v) is 5.36. The van der Waals surface area contributed by atoms with Crippen molar-refractivity contribution in [1.29, 1.82) is 0 Å². The highest BCUT2D eigenvalue weighted by Crippen LogP contribution is 2.31. The second-order valence-corrected chi connectivity index (χ2v) is 7.01. The Balaban J connectivity index is 1.35. The maximum Gasteiger partial charge on any atom is 0.153 e. The molecule has 0 fully saturated rings. The van der Waals surface area contributed by atoms with Gasteiger partial charge in [-0.15, -0.1) is 0 Å². The number of ether oxygens (including phenoxy) is 1. The lowest BCUT2D eigenvalue weighted by molar-refractivity contribution is 0.357. The van der Waals surface area contributed by atoms with Crippen LogP contribution in [0.5, 0.6) is 5.75 Å². The average Bonchev–Trinajstić information content (AvgIpc) is 3.33. The molecule has 0 saturated carbocycles. The van der Waals surface area contributed by atoms with Crippen molar-refractivity contribution in [3.05, 3.63) is 71.2 Å². The molecule has 2 aliphatic rings. The van der Waals surface area contributed by atoms with Crippen LogP contribution in [0.1, 0.15) is 41.3 Å². The summed E-state index contributed by atoms with van der Waals surface area (Å²) >= 11 is 0.